The first-order valence-corrected chi connectivity index (χ1v) is 10.3. The number of nitrogens with zero attached hydrogens (tertiary/aromatic N) is 1. The van der Waals surface area contributed by atoms with Gasteiger partial charge < -0.3 is 14.2 Å². The van der Waals surface area contributed by atoms with Crippen LogP contribution in [0.5, 0.6) is 0 Å². The van der Waals surface area contributed by atoms with E-state index in [0.717, 1.165) is 10.9 Å². The van der Waals surface area contributed by atoms with Crippen LogP contribution in [0.15, 0.2) is 66.5 Å². The number of esters is 1. The second-order valence-electron chi connectivity index (χ2n) is 8.22. The lowest BCUT2D eigenvalue weighted by atomic mass is 10.1. The van der Waals surface area contributed by atoms with Crippen LogP contribution in [0.4, 0.5) is 9.59 Å². The van der Waals surface area contributed by atoms with E-state index < -0.39 is 23.8 Å². The van der Waals surface area contributed by atoms with Gasteiger partial charge in [-0.25, -0.2) is 14.4 Å². The Labute approximate surface area is 191 Å². The van der Waals surface area contributed by atoms with Gasteiger partial charge in [0, 0.05) is 11.6 Å². The molecule has 1 N–H and O–H groups in total. The van der Waals surface area contributed by atoms with E-state index in [1.54, 1.807) is 51.2 Å². The van der Waals surface area contributed by atoms with Crippen molar-refractivity contribution in [3.63, 3.8) is 0 Å². The van der Waals surface area contributed by atoms with E-state index in [-0.39, 0.29) is 12.3 Å². The maximum atomic E-state index is 12.4. The smallest absolute Gasteiger partial charge is 0.418 e. The molecular formula is C25H26N2O6. The third-order valence-electron chi connectivity index (χ3n) is 4.47. The Morgan fingerprint density at radius 1 is 1.03 bits per heavy atom. The van der Waals surface area contributed by atoms with Gasteiger partial charge in [-0.05, 0) is 56.2 Å². The normalized spacial score (nSPS) is 11.7. The van der Waals surface area contributed by atoms with E-state index in [1.165, 1.54) is 17.8 Å². The molecule has 2 aromatic carbocycles. The van der Waals surface area contributed by atoms with Crippen molar-refractivity contribution in [1.29, 1.82) is 0 Å². The molecule has 1 aromatic heterocycles. The number of methoxy groups -OCH3 is 1. The first-order chi connectivity index (χ1) is 15.7. The van der Waals surface area contributed by atoms with Crippen molar-refractivity contribution < 1.29 is 28.6 Å². The fourth-order valence-corrected chi connectivity index (χ4v) is 3.01. The molecule has 0 spiro atoms. The van der Waals surface area contributed by atoms with E-state index in [1.807, 2.05) is 30.3 Å². The summed E-state index contributed by atoms with van der Waals surface area (Å²) in [6.45, 7) is 5.45. The lowest BCUT2D eigenvalue weighted by Crippen LogP contribution is -2.28. The zero-order valence-corrected chi connectivity index (χ0v) is 19.0. The maximum absolute atomic E-state index is 12.4. The van der Waals surface area contributed by atoms with Crippen LogP contribution >= 0.6 is 0 Å². The average Bonchev–Trinajstić information content (AvgIpc) is 3.20. The van der Waals surface area contributed by atoms with Gasteiger partial charge >= 0.3 is 18.2 Å². The average molecular weight is 450 g/mol. The molecule has 0 aliphatic heterocycles. The SMILES string of the molecule is COC(=O)/C(=C/c1ccc2c(ccn2C(=O)OC(C)(C)C)c1)NC(=O)OCc1ccccc1. The summed E-state index contributed by atoms with van der Waals surface area (Å²) in [5.41, 5.74) is 1.38. The fraction of sp³-hybridized carbons (Fsp3) is 0.240. The minimum absolute atomic E-state index is 0.0608. The van der Waals surface area contributed by atoms with Gasteiger partial charge in [-0.1, -0.05) is 36.4 Å². The minimum atomic E-state index is -0.785. The van der Waals surface area contributed by atoms with E-state index in [2.05, 4.69) is 5.32 Å². The molecule has 0 aliphatic rings. The number of benzene rings is 2. The molecule has 0 bridgehead atoms. The highest BCUT2D eigenvalue weighted by atomic mass is 16.6. The molecule has 172 valence electrons. The number of alkyl carbamates (subject to hydrolysis) is 1. The number of hydrogen-bond acceptors (Lipinski definition) is 6. The number of rotatable bonds is 5. The van der Waals surface area contributed by atoms with Gasteiger partial charge in [-0.15, -0.1) is 0 Å². The number of ether oxygens (including phenoxy) is 3. The van der Waals surface area contributed by atoms with Crippen molar-refractivity contribution in [1.82, 2.24) is 9.88 Å². The zero-order valence-electron chi connectivity index (χ0n) is 19.0. The molecule has 0 atom stereocenters. The summed E-state index contributed by atoms with van der Waals surface area (Å²) in [6.07, 6.45) is 1.82. The van der Waals surface area contributed by atoms with Crippen molar-refractivity contribution in [2.45, 2.75) is 33.0 Å². The van der Waals surface area contributed by atoms with Gasteiger partial charge in [-0.2, -0.15) is 0 Å². The maximum Gasteiger partial charge on any atom is 0.418 e. The predicted molar refractivity (Wildman–Crippen MR) is 123 cm³/mol. The van der Waals surface area contributed by atoms with Crippen molar-refractivity contribution in [3.05, 3.63) is 77.6 Å². The van der Waals surface area contributed by atoms with Crippen LogP contribution in [-0.2, 0) is 25.6 Å². The van der Waals surface area contributed by atoms with Gasteiger partial charge in [0.05, 0.1) is 12.6 Å². The number of fused-ring (bicyclic) bond motifs is 1. The first-order valence-electron chi connectivity index (χ1n) is 10.3. The molecule has 1 amide bonds. The summed E-state index contributed by atoms with van der Waals surface area (Å²) in [5, 5.41) is 3.18. The zero-order chi connectivity index (χ0) is 24.0. The summed E-state index contributed by atoms with van der Waals surface area (Å²) >= 11 is 0. The summed E-state index contributed by atoms with van der Waals surface area (Å²) < 4.78 is 16.8. The molecule has 0 saturated carbocycles. The highest BCUT2D eigenvalue weighted by molar-refractivity contribution is 5.98. The molecule has 33 heavy (non-hydrogen) atoms. The Balaban J connectivity index is 1.78. The van der Waals surface area contributed by atoms with Gasteiger partial charge in [0.2, 0.25) is 0 Å². The van der Waals surface area contributed by atoms with Gasteiger partial charge in [0.1, 0.15) is 17.9 Å². The van der Waals surface area contributed by atoms with E-state index >= 15 is 0 Å². The molecule has 0 fully saturated rings. The molecule has 8 heteroatoms. The molecule has 0 radical (unpaired) electrons. The molecule has 1 heterocycles. The van der Waals surface area contributed by atoms with Crippen LogP contribution in [0, 0.1) is 0 Å². The van der Waals surface area contributed by atoms with Crippen LogP contribution < -0.4 is 5.32 Å². The monoisotopic (exact) mass is 450 g/mol. The highest BCUT2D eigenvalue weighted by Crippen LogP contribution is 2.21. The topological polar surface area (TPSA) is 95.9 Å². The van der Waals surface area contributed by atoms with Crippen LogP contribution in [0.2, 0.25) is 0 Å². The highest BCUT2D eigenvalue weighted by Gasteiger charge is 2.19. The Kier molecular flexibility index (Phi) is 7.17. The molecule has 8 nitrogen and oxygen atoms in total. The molecule has 3 aromatic rings. The number of carbonyl (C=O) groups is 3. The van der Waals surface area contributed by atoms with Crippen molar-refractivity contribution in [2.75, 3.05) is 7.11 Å². The quantitative estimate of drug-likeness (QED) is 0.339. The van der Waals surface area contributed by atoms with E-state index in [0.29, 0.717) is 11.1 Å². The number of hydrogen-bond donors (Lipinski definition) is 1. The fourth-order valence-electron chi connectivity index (χ4n) is 3.01. The first kappa shape index (κ1) is 23.6. The number of nitrogens with one attached hydrogen (secondary N) is 1. The summed E-state index contributed by atoms with van der Waals surface area (Å²) in [4.78, 5) is 36.8. The molecule has 3 rings (SSSR count). The second-order valence-corrected chi connectivity index (χ2v) is 8.22. The number of amides is 1. The Bertz CT molecular complexity index is 1190. The lowest BCUT2D eigenvalue weighted by molar-refractivity contribution is -0.136. The predicted octanol–water partition coefficient (Wildman–Crippen LogP) is 4.86. The second kappa shape index (κ2) is 10.0. The number of aromatic nitrogens is 1. The largest absolute Gasteiger partial charge is 0.464 e. The Morgan fingerprint density at radius 3 is 2.42 bits per heavy atom. The van der Waals surface area contributed by atoms with Crippen molar-refractivity contribution in [3.8, 4) is 0 Å². The molecule has 0 saturated heterocycles. The lowest BCUT2D eigenvalue weighted by Gasteiger charge is -2.19. The summed E-state index contributed by atoms with van der Waals surface area (Å²) in [7, 11) is 1.22. The standard InChI is InChI=1S/C25H26N2O6/c1-25(2,3)33-24(30)27-13-12-19-14-18(10-11-21(19)27)15-20(22(28)31-4)26-23(29)32-16-17-8-6-5-7-9-17/h5-15H,16H2,1-4H3,(H,26,29)/b20-15-. The number of carbonyl (C=O) groups excluding carboxylic acids is 3. The molecule has 0 aliphatic carbocycles. The summed E-state index contributed by atoms with van der Waals surface area (Å²) in [5.74, 6) is -0.724. The molecule has 0 unspecified atom stereocenters. The van der Waals surface area contributed by atoms with Crippen LogP contribution in [-0.4, -0.2) is 35.4 Å². The minimum Gasteiger partial charge on any atom is -0.464 e. The van der Waals surface area contributed by atoms with Crippen molar-refractivity contribution >= 4 is 35.1 Å². The van der Waals surface area contributed by atoms with E-state index in [4.69, 9.17) is 14.2 Å². The van der Waals surface area contributed by atoms with Crippen molar-refractivity contribution in [2.24, 2.45) is 0 Å². The van der Waals surface area contributed by atoms with Gasteiger partial charge in [0.15, 0.2) is 0 Å². The van der Waals surface area contributed by atoms with Crippen LogP contribution in [0.25, 0.3) is 17.0 Å². The third kappa shape index (κ3) is 6.46. The van der Waals surface area contributed by atoms with Gasteiger partial charge in [-0.3, -0.25) is 9.88 Å². The Hall–Kier alpha value is -4.07. The molecular weight excluding hydrogens is 424 g/mol. The van der Waals surface area contributed by atoms with Crippen LogP contribution in [0.3, 0.4) is 0 Å². The van der Waals surface area contributed by atoms with Gasteiger partial charge in [0.25, 0.3) is 0 Å². The van der Waals surface area contributed by atoms with Crippen LogP contribution in [0.1, 0.15) is 31.9 Å². The van der Waals surface area contributed by atoms with E-state index in [9.17, 15) is 14.4 Å². The Morgan fingerprint density at radius 2 is 1.76 bits per heavy atom. The third-order valence-corrected chi connectivity index (χ3v) is 4.47. The summed E-state index contributed by atoms with van der Waals surface area (Å²) in [6, 6.07) is 16.2.